The summed E-state index contributed by atoms with van der Waals surface area (Å²) in [7, 11) is 0. The van der Waals surface area contributed by atoms with Crippen LogP contribution in [0.1, 0.15) is 22.8 Å². The third-order valence-electron chi connectivity index (χ3n) is 14.9. The predicted molar refractivity (Wildman–Crippen MR) is 302 cm³/mol. The highest BCUT2D eigenvalue weighted by Crippen LogP contribution is 2.46. The molecule has 13 rings (SSSR count). The van der Waals surface area contributed by atoms with Crippen LogP contribution >= 0.6 is 0 Å². The fourth-order valence-electron chi connectivity index (χ4n) is 10.8. The minimum absolute atomic E-state index is 0.474. The van der Waals surface area contributed by atoms with E-state index in [1.54, 1.807) is 0 Å². The van der Waals surface area contributed by atoms with Gasteiger partial charge in [-0.15, -0.1) is 0 Å². The fourth-order valence-corrected chi connectivity index (χ4v) is 10.8. The Bertz CT molecular complexity index is 4760. The number of nitrogens with zero attached hydrogens (tertiary/aromatic N) is 6. The molecule has 0 fully saturated rings. The summed E-state index contributed by atoms with van der Waals surface area (Å²) >= 11 is 0. The Morgan fingerprint density at radius 1 is 0.228 bits per heavy atom. The third-order valence-corrected chi connectivity index (χ3v) is 14.9. The molecule has 2 aliphatic rings. The van der Waals surface area contributed by atoms with Crippen LogP contribution in [0.4, 0.5) is 70.2 Å². The second kappa shape index (κ2) is 22.0. The number of pyridine rings is 4. The van der Waals surface area contributed by atoms with Crippen molar-refractivity contribution in [2.75, 3.05) is 0 Å². The van der Waals surface area contributed by atoms with E-state index in [-0.39, 0.29) is 0 Å². The second-order valence-corrected chi connectivity index (χ2v) is 20.2. The SMILES string of the molecule is O=c1ccn(-c2c(F)c(F)c(-c3c4nc(c(-c5c(F)c(F)c(-n6ccc(=O)cc6)c(F)c5F)c5ccc([nH]5)c(-c5c(F)c(F)c(-n6ccc(=O)cc6)c(F)c5F)c5nc(c(-c6c(F)c(F)c(-n7ccc(=O)cc7)c(F)c6F)c6ccc3[nH]6)C=C5)C=C4)c(F)c2F)cc1. The Morgan fingerprint density at radius 3 is 0.554 bits per heavy atom. The van der Waals surface area contributed by atoms with E-state index in [1.165, 1.54) is 0 Å². The maximum atomic E-state index is 17.2. The first-order valence-electron chi connectivity index (χ1n) is 26.3. The highest BCUT2D eigenvalue weighted by atomic mass is 19.2. The minimum Gasteiger partial charge on any atom is -0.354 e. The van der Waals surface area contributed by atoms with Gasteiger partial charge in [0.25, 0.3) is 0 Å². The zero-order valence-electron chi connectivity index (χ0n) is 45.2. The molecular weight excluding hydrogens is 1250 g/mol. The van der Waals surface area contributed by atoms with Crippen molar-refractivity contribution < 1.29 is 70.2 Å². The Hall–Kier alpha value is -11.8. The maximum Gasteiger partial charge on any atom is 0.186 e. The molecule has 0 spiro atoms. The standard InChI is InChI=1S/C64H26F16N8O4/c65-45-41(46(66)54(74)61(53(45)73)85-17-9-25(89)10-18-85)37-29-1-2-30(81-29)38(42-47(67)55(75)62(56(76)48(42)68)86-19-11-26(90)12-20-86)32-5-6-34(83-32)40(44-51(71)59(79)64(60(80)52(44)72)88-23-15-28(92)16-24-88)36-8-7-35(84-36)39(33-4-3-31(37)82-33)43-49(69)57(77)63(58(78)50(43)70)87-21-13-27(91)14-22-87/h1-24,81,84H. The molecule has 0 radical (unpaired) electrons. The van der Waals surface area contributed by atoms with Crippen molar-refractivity contribution in [1.29, 1.82) is 0 Å². The van der Waals surface area contributed by atoms with Gasteiger partial charge in [-0.2, -0.15) is 0 Å². The lowest BCUT2D eigenvalue weighted by Gasteiger charge is -2.16. The topological polar surface area (TPSA) is 145 Å². The lowest BCUT2D eigenvalue weighted by Crippen LogP contribution is -2.11. The van der Waals surface area contributed by atoms with Gasteiger partial charge in [0.15, 0.2) is 115 Å². The Balaban J connectivity index is 1.23. The molecule has 458 valence electrons. The molecule has 0 saturated carbocycles. The van der Waals surface area contributed by atoms with Gasteiger partial charge in [0.2, 0.25) is 0 Å². The molecule has 0 amide bonds. The first kappa shape index (κ1) is 59.1. The number of hydrogen-bond acceptors (Lipinski definition) is 6. The number of benzene rings is 4. The van der Waals surface area contributed by atoms with E-state index < -0.39 is 227 Å². The van der Waals surface area contributed by atoms with Gasteiger partial charge in [-0.05, 0) is 48.6 Å². The minimum atomic E-state index is -2.26. The van der Waals surface area contributed by atoms with Crippen LogP contribution in [-0.4, -0.2) is 38.2 Å². The van der Waals surface area contributed by atoms with Crippen molar-refractivity contribution in [3.05, 3.63) is 279 Å². The van der Waals surface area contributed by atoms with Crippen molar-refractivity contribution in [1.82, 2.24) is 38.2 Å². The summed E-state index contributed by atoms with van der Waals surface area (Å²) in [5.74, 6) is -35.4. The van der Waals surface area contributed by atoms with Crippen LogP contribution in [0.2, 0.25) is 0 Å². The Labute approximate surface area is 499 Å². The number of halogens is 16. The van der Waals surface area contributed by atoms with E-state index in [9.17, 15) is 19.2 Å². The molecule has 2 N–H and O–H groups in total. The number of H-pyrrole nitrogens is 2. The van der Waals surface area contributed by atoms with E-state index in [2.05, 4.69) is 19.9 Å². The van der Waals surface area contributed by atoms with Crippen LogP contribution in [0.25, 0.3) is 114 Å². The van der Waals surface area contributed by atoms with Crippen LogP contribution in [0, 0.1) is 93.1 Å². The van der Waals surface area contributed by atoms with Crippen LogP contribution in [0.5, 0.6) is 0 Å². The van der Waals surface area contributed by atoms with Crippen molar-refractivity contribution in [3.8, 4) is 67.3 Å². The summed E-state index contributed by atoms with van der Waals surface area (Å²) in [5, 5.41) is 0. The number of fused-ring (bicyclic) bond motifs is 8. The van der Waals surface area contributed by atoms with Crippen LogP contribution in [0.15, 0.2) is 142 Å². The Morgan fingerprint density at radius 2 is 0.391 bits per heavy atom. The molecule has 0 unspecified atom stereocenters. The highest BCUT2D eigenvalue weighted by molar-refractivity contribution is 6.00. The molecule has 7 aromatic heterocycles. The molecule has 8 bridgehead atoms. The molecule has 9 heterocycles. The average Bonchev–Trinajstić information content (AvgIpc) is 1.38. The van der Waals surface area contributed by atoms with E-state index in [4.69, 9.17) is 0 Å². The van der Waals surface area contributed by atoms with Crippen LogP contribution in [-0.2, 0) is 0 Å². The number of aromatic amines is 2. The molecule has 0 atom stereocenters. The van der Waals surface area contributed by atoms with Crippen molar-refractivity contribution in [2.24, 2.45) is 0 Å². The summed E-state index contributed by atoms with van der Waals surface area (Å²) < 4.78 is 273. The number of rotatable bonds is 8. The fraction of sp³-hybridized carbons (Fsp3) is 0. The summed E-state index contributed by atoms with van der Waals surface area (Å²) in [6, 6.07) is 9.24. The van der Waals surface area contributed by atoms with Gasteiger partial charge in [0.1, 0.15) is 22.7 Å². The van der Waals surface area contributed by atoms with Crippen molar-refractivity contribution in [2.45, 2.75) is 0 Å². The normalized spacial score (nSPS) is 12.0. The lowest BCUT2D eigenvalue weighted by atomic mass is 10.0. The quantitative estimate of drug-likeness (QED) is 0.114. The van der Waals surface area contributed by atoms with Gasteiger partial charge in [-0.3, -0.25) is 19.2 Å². The number of aromatic nitrogens is 8. The van der Waals surface area contributed by atoms with Gasteiger partial charge in [-0.1, -0.05) is 0 Å². The molecule has 4 aromatic carbocycles. The monoisotopic (exact) mass is 1270 g/mol. The molecule has 0 saturated heterocycles. The lowest BCUT2D eigenvalue weighted by molar-refractivity contribution is 0.452. The van der Waals surface area contributed by atoms with E-state index in [1.807, 2.05) is 0 Å². The largest absolute Gasteiger partial charge is 0.354 e. The van der Waals surface area contributed by atoms with E-state index in [0.29, 0.717) is 18.3 Å². The molecule has 0 aliphatic carbocycles. The van der Waals surface area contributed by atoms with Crippen LogP contribution in [0.3, 0.4) is 0 Å². The summed E-state index contributed by atoms with van der Waals surface area (Å²) in [5.41, 5.74) is -26.9. The van der Waals surface area contributed by atoms with Crippen LogP contribution < -0.4 is 21.7 Å². The Kier molecular flexibility index (Phi) is 14.2. The van der Waals surface area contributed by atoms with Crippen molar-refractivity contribution in [3.63, 3.8) is 0 Å². The molecule has 28 heteroatoms. The van der Waals surface area contributed by atoms with Gasteiger partial charge < -0.3 is 28.2 Å². The zero-order chi connectivity index (χ0) is 65.2. The van der Waals surface area contributed by atoms with Gasteiger partial charge in [0.05, 0.1) is 45.0 Å². The number of hydrogen-bond donors (Lipinski definition) is 2. The van der Waals surface area contributed by atoms with E-state index >= 15 is 70.2 Å². The third kappa shape index (κ3) is 9.26. The molecule has 12 nitrogen and oxygen atoms in total. The first-order valence-corrected chi connectivity index (χ1v) is 26.3. The summed E-state index contributed by atoms with van der Waals surface area (Å²) in [4.78, 5) is 61.3. The zero-order valence-corrected chi connectivity index (χ0v) is 45.2. The molecular formula is C64H26F16N8O4. The molecule has 2 aliphatic heterocycles. The van der Waals surface area contributed by atoms with Crippen molar-refractivity contribution >= 4 is 46.4 Å². The summed E-state index contributed by atoms with van der Waals surface area (Å²) in [6.45, 7) is 0. The summed E-state index contributed by atoms with van der Waals surface area (Å²) in [6.07, 6.45) is 8.89. The van der Waals surface area contributed by atoms with Gasteiger partial charge >= 0.3 is 0 Å². The van der Waals surface area contributed by atoms with E-state index in [0.717, 1.165) is 147 Å². The molecule has 11 aromatic rings. The first-order chi connectivity index (χ1) is 43.9. The molecule has 92 heavy (non-hydrogen) atoms. The maximum absolute atomic E-state index is 17.2. The smallest absolute Gasteiger partial charge is 0.186 e. The highest BCUT2D eigenvalue weighted by Gasteiger charge is 2.36. The predicted octanol–water partition coefficient (Wildman–Crippen LogP) is 14.2. The number of nitrogens with one attached hydrogen (secondary N) is 2. The van der Waals surface area contributed by atoms with Gasteiger partial charge in [-0.25, -0.2) is 80.2 Å². The second-order valence-electron chi connectivity index (χ2n) is 20.2. The van der Waals surface area contributed by atoms with Gasteiger partial charge in [0, 0.05) is 142 Å². The average molecular weight is 1270 g/mol.